The van der Waals surface area contributed by atoms with Crippen LogP contribution in [0.4, 0.5) is 0 Å². The zero-order valence-corrected chi connectivity index (χ0v) is 11.2. The van der Waals surface area contributed by atoms with Crippen LogP contribution in [0.2, 0.25) is 0 Å². The third-order valence-electron chi connectivity index (χ3n) is 3.61. The van der Waals surface area contributed by atoms with Crippen LogP contribution in [-0.2, 0) is 6.54 Å². The van der Waals surface area contributed by atoms with Crippen LogP contribution in [0.1, 0.15) is 30.3 Å². The molecular formula is C12H21N3S. The molecule has 1 aliphatic rings. The molecule has 2 unspecified atom stereocenters. The number of aromatic nitrogens is 1. The van der Waals surface area contributed by atoms with E-state index >= 15 is 0 Å². The lowest BCUT2D eigenvalue weighted by atomic mass is 9.98. The topological polar surface area (TPSA) is 28.2 Å². The maximum absolute atomic E-state index is 4.32. The van der Waals surface area contributed by atoms with Crippen molar-refractivity contribution in [3.05, 3.63) is 16.1 Å². The first kappa shape index (κ1) is 12.0. The lowest BCUT2D eigenvalue weighted by molar-refractivity contribution is 0.132. The van der Waals surface area contributed by atoms with Crippen LogP contribution < -0.4 is 5.32 Å². The predicted octanol–water partition coefficient (Wildman–Crippen LogP) is 2.02. The summed E-state index contributed by atoms with van der Waals surface area (Å²) in [5, 5.41) is 3.39. The van der Waals surface area contributed by atoms with Gasteiger partial charge >= 0.3 is 0 Å². The third kappa shape index (κ3) is 2.62. The standard InChI is InChI=1S/C12H21N3S/c1-9-6-11(13-3)4-5-15(9)7-12-10(2)14-8-16-12/h8-9,11,13H,4-7H2,1-3H3. The van der Waals surface area contributed by atoms with Gasteiger partial charge in [0.1, 0.15) is 0 Å². The van der Waals surface area contributed by atoms with Gasteiger partial charge in [-0.15, -0.1) is 11.3 Å². The number of hydrogen-bond donors (Lipinski definition) is 1. The smallest absolute Gasteiger partial charge is 0.0798 e. The molecular weight excluding hydrogens is 218 g/mol. The first-order chi connectivity index (χ1) is 7.70. The Morgan fingerprint density at radius 1 is 1.62 bits per heavy atom. The SMILES string of the molecule is CNC1CCN(Cc2scnc2C)C(C)C1. The van der Waals surface area contributed by atoms with Crippen molar-refractivity contribution in [3.8, 4) is 0 Å². The van der Waals surface area contributed by atoms with E-state index in [4.69, 9.17) is 0 Å². The Hall–Kier alpha value is -0.450. The highest BCUT2D eigenvalue weighted by Gasteiger charge is 2.24. The fourth-order valence-electron chi connectivity index (χ4n) is 2.38. The number of aryl methyl sites for hydroxylation is 1. The molecule has 3 nitrogen and oxygen atoms in total. The van der Waals surface area contributed by atoms with Crippen LogP contribution in [0.5, 0.6) is 0 Å². The van der Waals surface area contributed by atoms with Crippen molar-refractivity contribution in [1.29, 1.82) is 0 Å². The van der Waals surface area contributed by atoms with Crippen LogP contribution in [-0.4, -0.2) is 35.6 Å². The Balaban J connectivity index is 1.94. The maximum Gasteiger partial charge on any atom is 0.0798 e. The molecule has 0 aliphatic carbocycles. The van der Waals surface area contributed by atoms with Gasteiger partial charge in [0.15, 0.2) is 0 Å². The zero-order chi connectivity index (χ0) is 11.5. The highest BCUT2D eigenvalue weighted by Crippen LogP contribution is 2.22. The maximum atomic E-state index is 4.32. The normalized spacial score (nSPS) is 27.2. The quantitative estimate of drug-likeness (QED) is 0.875. The molecule has 0 saturated carbocycles. The van der Waals surface area contributed by atoms with Gasteiger partial charge in [-0.2, -0.15) is 0 Å². The van der Waals surface area contributed by atoms with Gasteiger partial charge in [0.05, 0.1) is 11.2 Å². The van der Waals surface area contributed by atoms with Crippen molar-refractivity contribution in [2.75, 3.05) is 13.6 Å². The van der Waals surface area contributed by atoms with Gasteiger partial charge in [0.25, 0.3) is 0 Å². The van der Waals surface area contributed by atoms with Crippen LogP contribution in [0.15, 0.2) is 5.51 Å². The Kier molecular flexibility index (Phi) is 3.95. The second-order valence-electron chi connectivity index (χ2n) is 4.69. The van der Waals surface area contributed by atoms with Gasteiger partial charge in [0.2, 0.25) is 0 Å². The van der Waals surface area contributed by atoms with E-state index in [1.54, 1.807) is 11.3 Å². The van der Waals surface area contributed by atoms with Gasteiger partial charge in [-0.05, 0) is 33.7 Å². The van der Waals surface area contributed by atoms with Gasteiger partial charge < -0.3 is 5.32 Å². The Morgan fingerprint density at radius 3 is 3.00 bits per heavy atom. The van der Waals surface area contributed by atoms with E-state index in [-0.39, 0.29) is 0 Å². The molecule has 2 rings (SSSR count). The highest BCUT2D eigenvalue weighted by atomic mass is 32.1. The molecule has 2 heterocycles. The van der Waals surface area contributed by atoms with Crippen molar-refractivity contribution in [3.63, 3.8) is 0 Å². The molecule has 1 aromatic rings. The molecule has 0 bridgehead atoms. The number of nitrogens with zero attached hydrogens (tertiary/aromatic N) is 2. The summed E-state index contributed by atoms with van der Waals surface area (Å²) < 4.78 is 0. The first-order valence-corrected chi connectivity index (χ1v) is 6.89. The van der Waals surface area contributed by atoms with E-state index in [0.717, 1.165) is 6.54 Å². The summed E-state index contributed by atoms with van der Waals surface area (Å²) in [6, 6.07) is 1.38. The van der Waals surface area contributed by atoms with Gasteiger partial charge in [-0.1, -0.05) is 0 Å². The molecule has 16 heavy (non-hydrogen) atoms. The Bertz CT molecular complexity index is 337. The van der Waals surface area contributed by atoms with E-state index in [2.05, 4.69) is 36.1 Å². The summed E-state index contributed by atoms with van der Waals surface area (Å²) >= 11 is 1.78. The summed E-state index contributed by atoms with van der Waals surface area (Å²) in [7, 11) is 2.07. The molecule has 1 N–H and O–H groups in total. The summed E-state index contributed by atoms with van der Waals surface area (Å²) in [4.78, 5) is 8.32. The van der Waals surface area contributed by atoms with Crippen LogP contribution >= 0.6 is 11.3 Å². The van der Waals surface area contributed by atoms with E-state index in [0.29, 0.717) is 12.1 Å². The number of nitrogens with one attached hydrogen (secondary N) is 1. The van der Waals surface area contributed by atoms with E-state index in [9.17, 15) is 0 Å². The monoisotopic (exact) mass is 239 g/mol. The molecule has 0 spiro atoms. The number of rotatable bonds is 3. The molecule has 1 aromatic heterocycles. The molecule has 4 heteroatoms. The largest absolute Gasteiger partial charge is 0.317 e. The minimum absolute atomic E-state index is 0.674. The number of hydrogen-bond acceptors (Lipinski definition) is 4. The van der Waals surface area contributed by atoms with Crippen LogP contribution in [0.25, 0.3) is 0 Å². The van der Waals surface area contributed by atoms with E-state index < -0.39 is 0 Å². The Labute approximate surface area is 102 Å². The summed E-state index contributed by atoms with van der Waals surface area (Å²) in [5.74, 6) is 0. The van der Waals surface area contributed by atoms with Crippen molar-refractivity contribution < 1.29 is 0 Å². The molecule has 0 amide bonds. The number of piperidine rings is 1. The average molecular weight is 239 g/mol. The zero-order valence-electron chi connectivity index (χ0n) is 10.4. The number of thiazole rings is 1. The molecule has 1 fully saturated rings. The second-order valence-corrected chi connectivity index (χ2v) is 5.63. The fourth-order valence-corrected chi connectivity index (χ4v) is 3.18. The van der Waals surface area contributed by atoms with Crippen LogP contribution in [0, 0.1) is 6.92 Å². The molecule has 0 radical (unpaired) electrons. The number of likely N-dealkylation sites (tertiary alicyclic amines) is 1. The highest BCUT2D eigenvalue weighted by molar-refractivity contribution is 7.09. The lowest BCUT2D eigenvalue weighted by Crippen LogP contribution is -2.46. The lowest BCUT2D eigenvalue weighted by Gasteiger charge is -2.37. The average Bonchev–Trinajstić information content (AvgIpc) is 2.67. The van der Waals surface area contributed by atoms with Crippen molar-refractivity contribution in [1.82, 2.24) is 15.2 Å². The van der Waals surface area contributed by atoms with E-state index in [1.807, 2.05) is 5.51 Å². The van der Waals surface area contributed by atoms with Crippen molar-refractivity contribution in [2.24, 2.45) is 0 Å². The summed E-state index contributed by atoms with van der Waals surface area (Å²) in [6.45, 7) is 6.72. The molecule has 1 aliphatic heterocycles. The van der Waals surface area contributed by atoms with Gasteiger partial charge in [0, 0.05) is 30.1 Å². The second kappa shape index (κ2) is 5.25. The van der Waals surface area contributed by atoms with Crippen molar-refractivity contribution >= 4 is 11.3 Å². The van der Waals surface area contributed by atoms with Crippen LogP contribution in [0.3, 0.4) is 0 Å². The first-order valence-electron chi connectivity index (χ1n) is 6.01. The molecule has 1 saturated heterocycles. The molecule has 2 atom stereocenters. The fraction of sp³-hybridized carbons (Fsp3) is 0.750. The van der Waals surface area contributed by atoms with E-state index in [1.165, 1.54) is 30.0 Å². The third-order valence-corrected chi connectivity index (χ3v) is 4.53. The molecule has 0 aromatic carbocycles. The summed E-state index contributed by atoms with van der Waals surface area (Å²) in [6.07, 6.45) is 2.52. The predicted molar refractivity (Wildman–Crippen MR) is 68.8 cm³/mol. The minimum atomic E-state index is 0.674. The Morgan fingerprint density at radius 2 is 2.44 bits per heavy atom. The van der Waals surface area contributed by atoms with Gasteiger partial charge in [-0.3, -0.25) is 4.90 Å². The molecule has 90 valence electrons. The minimum Gasteiger partial charge on any atom is -0.317 e. The summed E-state index contributed by atoms with van der Waals surface area (Å²) in [5.41, 5.74) is 3.16. The van der Waals surface area contributed by atoms with Crippen molar-refractivity contribution in [2.45, 2.75) is 45.3 Å². The van der Waals surface area contributed by atoms with Gasteiger partial charge in [-0.25, -0.2) is 4.98 Å².